The van der Waals surface area contributed by atoms with Crippen molar-refractivity contribution in [3.8, 4) is 5.75 Å². The Morgan fingerprint density at radius 3 is 2.55 bits per heavy atom. The third-order valence-corrected chi connectivity index (χ3v) is 3.47. The largest absolute Gasteiger partial charge is 0.497 e. The van der Waals surface area contributed by atoms with Crippen LogP contribution in [0.3, 0.4) is 0 Å². The van der Waals surface area contributed by atoms with Crippen molar-refractivity contribution in [3.63, 3.8) is 0 Å². The van der Waals surface area contributed by atoms with Crippen LogP contribution >= 0.6 is 0 Å². The number of methoxy groups -OCH3 is 1. The topological polar surface area (TPSA) is 64.4 Å². The maximum Gasteiger partial charge on any atom is 0.220 e. The van der Waals surface area contributed by atoms with E-state index in [-0.39, 0.29) is 5.91 Å². The van der Waals surface area contributed by atoms with E-state index in [9.17, 15) is 4.79 Å². The minimum atomic E-state index is 0.0460. The van der Waals surface area contributed by atoms with E-state index in [2.05, 4.69) is 10.3 Å². The van der Waals surface area contributed by atoms with E-state index in [1.165, 1.54) is 0 Å². The van der Waals surface area contributed by atoms with E-state index in [1.807, 2.05) is 38.1 Å². The number of carbonyl (C=O) groups excluding carboxylic acids is 1. The minimum Gasteiger partial charge on any atom is -0.497 e. The third kappa shape index (κ3) is 4.62. The molecule has 1 amide bonds. The maximum atomic E-state index is 11.8. The van der Waals surface area contributed by atoms with E-state index in [4.69, 9.17) is 9.15 Å². The van der Waals surface area contributed by atoms with Crippen LogP contribution in [0.4, 0.5) is 0 Å². The van der Waals surface area contributed by atoms with Crippen LogP contribution < -0.4 is 10.1 Å². The standard InChI is InChI=1S/C17H22N2O3/c1-12-16(22-13(2)19-12)10-11-18-17(20)9-6-14-4-7-15(21-3)8-5-14/h4-5,7-8H,6,9-11H2,1-3H3,(H,18,20). The maximum absolute atomic E-state index is 11.8. The fourth-order valence-electron chi connectivity index (χ4n) is 2.26. The lowest BCUT2D eigenvalue weighted by molar-refractivity contribution is -0.121. The number of aryl methyl sites for hydroxylation is 3. The molecular weight excluding hydrogens is 280 g/mol. The van der Waals surface area contributed by atoms with Crippen molar-refractivity contribution < 1.29 is 13.9 Å². The number of carbonyl (C=O) groups is 1. The molecule has 0 aliphatic rings. The Labute approximate surface area is 130 Å². The molecule has 0 radical (unpaired) electrons. The number of ether oxygens (including phenoxy) is 1. The molecule has 22 heavy (non-hydrogen) atoms. The van der Waals surface area contributed by atoms with Gasteiger partial charge in [0.05, 0.1) is 12.8 Å². The Morgan fingerprint density at radius 1 is 1.23 bits per heavy atom. The Kier molecular flexibility index (Phi) is 5.58. The molecular formula is C17H22N2O3. The third-order valence-electron chi connectivity index (χ3n) is 3.47. The van der Waals surface area contributed by atoms with Crippen LogP contribution in [-0.2, 0) is 17.6 Å². The average Bonchev–Trinajstić information content (AvgIpc) is 2.83. The van der Waals surface area contributed by atoms with Crippen molar-refractivity contribution in [1.82, 2.24) is 10.3 Å². The Balaban J connectivity index is 1.70. The van der Waals surface area contributed by atoms with Crippen LogP contribution in [0.25, 0.3) is 0 Å². The molecule has 5 nitrogen and oxygen atoms in total. The summed E-state index contributed by atoms with van der Waals surface area (Å²) in [6, 6.07) is 7.77. The van der Waals surface area contributed by atoms with Crippen LogP contribution in [0, 0.1) is 13.8 Å². The molecule has 0 unspecified atom stereocenters. The molecule has 0 fully saturated rings. The van der Waals surface area contributed by atoms with Crippen molar-refractivity contribution >= 4 is 5.91 Å². The summed E-state index contributed by atoms with van der Waals surface area (Å²) in [7, 11) is 1.64. The molecule has 0 saturated heterocycles. The van der Waals surface area contributed by atoms with Crippen LogP contribution in [0.1, 0.15) is 29.3 Å². The van der Waals surface area contributed by atoms with Gasteiger partial charge >= 0.3 is 0 Å². The lowest BCUT2D eigenvalue weighted by Gasteiger charge is -2.05. The summed E-state index contributed by atoms with van der Waals surface area (Å²) in [6.07, 6.45) is 1.86. The fourth-order valence-corrected chi connectivity index (χ4v) is 2.26. The number of hydrogen-bond donors (Lipinski definition) is 1. The van der Waals surface area contributed by atoms with Crippen molar-refractivity contribution in [1.29, 1.82) is 0 Å². The minimum absolute atomic E-state index is 0.0460. The highest BCUT2D eigenvalue weighted by molar-refractivity contribution is 5.76. The molecule has 2 rings (SSSR count). The van der Waals surface area contributed by atoms with E-state index in [0.29, 0.717) is 25.3 Å². The molecule has 1 N–H and O–H groups in total. The van der Waals surface area contributed by atoms with Gasteiger partial charge in [-0.05, 0) is 31.0 Å². The first-order chi connectivity index (χ1) is 10.6. The van der Waals surface area contributed by atoms with Crippen molar-refractivity contribution in [3.05, 3.63) is 47.2 Å². The zero-order chi connectivity index (χ0) is 15.9. The van der Waals surface area contributed by atoms with Crippen molar-refractivity contribution in [2.75, 3.05) is 13.7 Å². The molecule has 2 aromatic rings. The molecule has 0 atom stereocenters. The van der Waals surface area contributed by atoms with Crippen LogP contribution in [0.2, 0.25) is 0 Å². The molecule has 1 aromatic heterocycles. The average molecular weight is 302 g/mol. The number of aromatic nitrogens is 1. The highest BCUT2D eigenvalue weighted by Crippen LogP contribution is 2.12. The quantitative estimate of drug-likeness (QED) is 0.854. The van der Waals surface area contributed by atoms with Crippen molar-refractivity contribution in [2.24, 2.45) is 0 Å². The number of oxazole rings is 1. The molecule has 0 aliphatic carbocycles. The molecule has 118 valence electrons. The van der Waals surface area contributed by atoms with Gasteiger partial charge in [-0.25, -0.2) is 4.98 Å². The van der Waals surface area contributed by atoms with Gasteiger partial charge < -0.3 is 14.5 Å². The fraction of sp³-hybridized carbons (Fsp3) is 0.412. The van der Waals surface area contributed by atoms with Gasteiger partial charge in [0, 0.05) is 26.3 Å². The van der Waals surface area contributed by atoms with Gasteiger partial charge in [-0.1, -0.05) is 12.1 Å². The van der Waals surface area contributed by atoms with Crippen molar-refractivity contribution in [2.45, 2.75) is 33.1 Å². The molecule has 0 saturated carbocycles. The zero-order valence-electron chi connectivity index (χ0n) is 13.3. The summed E-state index contributed by atoms with van der Waals surface area (Å²) in [5.41, 5.74) is 2.02. The first-order valence-electron chi connectivity index (χ1n) is 7.41. The smallest absolute Gasteiger partial charge is 0.220 e. The summed E-state index contributed by atoms with van der Waals surface area (Å²) < 4.78 is 10.6. The summed E-state index contributed by atoms with van der Waals surface area (Å²) in [4.78, 5) is 16.0. The van der Waals surface area contributed by atoms with E-state index in [0.717, 1.165) is 29.2 Å². The molecule has 1 aromatic carbocycles. The summed E-state index contributed by atoms with van der Waals surface area (Å²) in [6.45, 7) is 4.30. The normalized spacial score (nSPS) is 10.5. The Morgan fingerprint density at radius 2 is 1.95 bits per heavy atom. The van der Waals surface area contributed by atoms with Crippen LogP contribution in [0.5, 0.6) is 5.75 Å². The summed E-state index contributed by atoms with van der Waals surface area (Å²) in [5, 5.41) is 2.91. The van der Waals surface area contributed by atoms with E-state index >= 15 is 0 Å². The van der Waals surface area contributed by atoms with Crippen LogP contribution in [0.15, 0.2) is 28.7 Å². The number of hydrogen-bond acceptors (Lipinski definition) is 4. The van der Waals surface area contributed by atoms with Gasteiger partial charge in [0.2, 0.25) is 5.91 Å². The van der Waals surface area contributed by atoms with Gasteiger partial charge in [0.1, 0.15) is 11.5 Å². The van der Waals surface area contributed by atoms with Gasteiger partial charge in [-0.3, -0.25) is 4.79 Å². The van der Waals surface area contributed by atoms with Gasteiger partial charge in [-0.2, -0.15) is 0 Å². The Bertz CT molecular complexity index is 617. The number of nitrogens with zero attached hydrogens (tertiary/aromatic N) is 1. The second kappa shape index (κ2) is 7.64. The van der Waals surface area contributed by atoms with Gasteiger partial charge in [-0.15, -0.1) is 0 Å². The number of nitrogens with one attached hydrogen (secondary N) is 1. The number of rotatable bonds is 7. The van der Waals surface area contributed by atoms with Gasteiger partial charge in [0.25, 0.3) is 0 Å². The van der Waals surface area contributed by atoms with Crippen LogP contribution in [-0.4, -0.2) is 24.5 Å². The lowest BCUT2D eigenvalue weighted by atomic mass is 10.1. The second-order valence-electron chi connectivity index (χ2n) is 5.19. The highest BCUT2D eigenvalue weighted by atomic mass is 16.5. The molecule has 0 spiro atoms. The lowest BCUT2D eigenvalue weighted by Crippen LogP contribution is -2.25. The van der Waals surface area contributed by atoms with Gasteiger partial charge in [0.15, 0.2) is 5.89 Å². The van der Waals surface area contributed by atoms with E-state index in [1.54, 1.807) is 7.11 Å². The number of amides is 1. The molecule has 0 bridgehead atoms. The monoisotopic (exact) mass is 302 g/mol. The molecule has 5 heteroatoms. The molecule has 1 heterocycles. The predicted molar refractivity (Wildman–Crippen MR) is 84.0 cm³/mol. The summed E-state index contributed by atoms with van der Waals surface area (Å²) in [5.74, 6) is 2.38. The first kappa shape index (κ1) is 16.1. The zero-order valence-corrected chi connectivity index (χ0v) is 13.3. The SMILES string of the molecule is COc1ccc(CCC(=O)NCCc2oc(C)nc2C)cc1. The molecule has 0 aliphatic heterocycles. The second-order valence-corrected chi connectivity index (χ2v) is 5.19. The Hall–Kier alpha value is -2.30. The first-order valence-corrected chi connectivity index (χ1v) is 7.41. The predicted octanol–water partition coefficient (Wildman–Crippen LogP) is 2.59. The highest BCUT2D eigenvalue weighted by Gasteiger charge is 2.07. The number of benzene rings is 1. The summed E-state index contributed by atoms with van der Waals surface area (Å²) >= 11 is 0. The van der Waals surface area contributed by atoms with E-state index < -0.39 is 0 Å².